The summed E-state index contributed by atoms with van der Waals surface area (Å²) in [5.74, 6) is 0.0721. The average molecular weight is 482 g/mol. The second-order valence-corrected chi connectivity index (χ2v) is 7.63. The number of primary amides is 1. The van der Waals surface area contributed by atoms with E-state index in [2.05, 4.69) is 20.5 Å². The number of hydrogen-bond donors (Lipinski definition) is 3. The lowest BCUT2D eigenvalue weighted by atomic mass is 10.2. The molecule has 1 amide bonds. The number of anilines is 2. The van der Waals surface area contributed by atoms with Crippen LogP contribution in [0.1, 0.15) is 23.0 Å². The number of nitrogens with zero attached hydrogens (tertiary/aromatic N) is 4. The first-order valence-electron chi connectivity index (χ1n) is 10.2. The normalized spacial score (nSPS) is 10.8. The smallest absolute Gasteiger partial charge is 0.354 e. The number of amides is 1. The van der Waals surface area contributed by atoms with Crippen molar-refractivity contribution in [2.24, 2.45) is 5.73 Å². The van der Waals surface area contributed by atoms with Gasteiger partial charge in [0.2, 0.25) is 11.8 Å². The summed E-state index contributed by atoms with van der Waals surface area (Å²) >= 11 is 5.96. The number of rotatable bonds is 8. The van der Waals surface area contributed by atoms with Crippen LogP contribution in [0.5, 0.6) is 11.6 Å². The Morgan fingerprint density at radius 2 is 1.82 bits per heavy atom. The van der Waals surface area contributed by atoms with Gasteiger partial charge in [0, 0.05) is 23.3 Å². The SMILES string of the molecule is CCn1c(=O)nc(Nc2ccc(Oc3cc(C(N)=O)[nH]n3)cc2)n(Cc2ccc(Cl)cc2)c1=O. The van der Waals surface area contributed by atoms with Gasteiger partial charge in [0.15, 0.2) is 0 Å². The molecule has 0 fully saturated rings. The molecule has 2 heterocycles. The predicted molar refractivity (Wildman–Crippen MR) is 126 cm³/mol. The van der Waals surface area contributed by atoms with Crippen LogP contribution in [0, 0.1) is 0 Å². The van der Waals surface area contributed by atoms with Gasteiger partial charge in [-0.25, -0.2) is 14.2 Å². The number of carbonyl (C=O) groups excluding carboxylic acids is 1. The molecule has 0 radical (unpaired) electrons. The van der Waals surface area contributed by atoms with Crippen molar-refractivity contribution >= 4 is 29.1 Å². The second kappa shape index (κ2) is 9.63. The highest BCUT2D eigenvalue weighted by molar-refractivity contribution is 6.30. The molecular formula is C22H20ClN7O4. The lowest BCUT2D eigenvalue weighted by molar-refractivity contribution is 0.0995. The lowest BCUT2D eigenvalue weighted by Gasteiger charge is -2.15. The van der Waals surface area contributed by atoms with Crippen LogP contribution < -0.4 is 27.2 Å². The van der Waals surface area contributed by atoms with Crippen molar-refractivity contribution in [2.75, 3.05) is 5.32 Å². The largest absolute Gasteiger partial charge is 0.438 e. The molecule has 11 nitrogen and oxygen atoms in total. The van der Waals surface area contributed by atoms with Crippen molar-refractivity contribution in [3.8, 4) is 11.6 Å². The van der Waals surface area contributed by atoms with Crippen LogP contribution in [0.2, 0.25) is 5.02 Å². The first-order valence-corrected chi connectivity index (χ1v) is 10.6. The van der Waals surface area contributed by atoms with Gasteiger partial charge in [0.05, 0.1) is 6.54 Å². The van der Waals surface area contributed by atoms with Crippen molar-refractivity contribution in [2.45, 2.75) is 20.0 Å². The van der Waals surface area contributed by atoms with Crippen LogP contribution in [-0.2, 0) is 13.1 Å². The van der Waals surface area contributed by atoms with E-state index in [0.29, 0.717) is 16.5 Å². The molecule has 0 aliphatic carbocycles. The maximum atomic E-state index is 13.0. The van der Waals surface area contributed by atoms with E-state index in [1.165, 1.54) is 10.6 Å². The van der Waals surface area contributed by atoms with Gasteiger partial charge in [-0.2, -0.15) is 4.98 Å². The van der Waals surface area contributed by atoms with Crippen LogP contribution in [0.3, 0.4) is 0 Å². The van der Waals surface area contributed by atoms with E-state index in [0.717, 1.165) is 10.1 Å². The Hall–Kier alpha value is -4.38. The maximum Gasteiger partial charge on any atom is 0.354 e. The summed E-state index contributed by atoms with van der Waals surface area (Å²) in [5, 5.41) is 9.93. The maximum absolute atomic E-state index is 13.0. The Bertz CT molecular complexity index is 1440. The molecule has 34 heavy (non-hydrogen) atoms. The molecule has 4 aromatic rings. The quantitative estimate of drug-likeness (QED) is 0.350. The minimum atomic E-state index is -0.649. The summed E-state index contributed by atoms with van der Waals surface area (Å²) < 4.78 is 8.02. The highest BCUT2D eigenvalue weighted by Crippen LogP contribution is 2.23. The molecule has 4 N–H and O–H groups in total. The molecule has 4 rings (SSSR count). The van der Waals surface area contributed by atoms with Gasteiger partial charge in [-0.1, -0.05) is 23.7 Å². The number of halogens is 1. The van der Waals surface area contributed by atoms with E-state index in [-0.39, 0.29) is 30.6 Å². The molecule has 2 aromatic heterocycles. The number of aromatic nitrogens is 5. The van der Waals surface area contributed by atoms with Gasteiger partial charge in [0.1, 0.15) is 11.4 Å². The van der Waals surface area contributed by atoms with Crippen LogP contribution >= 0.6 is 11.6 Å². The minimum Gasteiger partial charge on any atom is -0.438 e. The van der Waals surface area contributed by atoms with E-state index >= 15 is 0 Å². The lowest BCUT2D eigenvalue weighted by Crippen LogP contribution is -2.42. The fourth-order valence-corrected chi connectivity index (χ4v) is 3.27. The Balaban J connectivity index is 1.59. The third-order valence-corrected chi connectivity index (χ3v) is 5.12. The summed E-state index contributed by atoms with van der Waals surface area (Å²) in [6.45, 7) is 2.09. The number of nitrogens with two attached hydrogens (primary N) is 1. The Labute approximate surface area is 197 Å². The fraction of sp³-hybridized carbons (Fsp3) is 0.136. The molecule has 0 saturated heterocycles. The Morgan fingerprint density at radius 1 is 1.12 bits per heavy atom. The van der Waals surface area contributed by atoms with Crippen molar-refractivity contribution < 1.29 is 9.53 Å². The van der Waals surface area contributed by atoms with Crippen molar-refractivity contribution in [1.29, 1.82) is 0 Å². The van der Waals surface area contributed by atoms with E-state index < -0.39 is 17.3 Å². The summed E-state index contributed by atoms with van der Waals surface area (Å²) in [4.78, 5) is 40.5. The van der Waals surface area contributed by atoms with E-state index in [1.807, 2.05) is 0 Å². The van der Waals surface area contributed by atoms with Crippen LogP contribution in [-0.4, -0.2) is 30.2 Å². The topological polar surface area (TPSA) is 150 Å². The summed E-state index contributed by atoms with van der Waals surface area (Å²) in [6.07, 6.45) is 0. The molecule has 0 saturated carbocycles. The summed E-state index contributed by atoms with van der Waals surface area (Å²) in [5.41, 5.74) is 5.56. The van der Waals surface area contributed by atoms with Crippen molar-refractivity contribution in [3.63, 3.8) is 0 Å². The number of benzene rings is 2. The van der Waals surface area contributed by atoms with Gasteiger partial charge >= 0.3 is 11.4 Å². The average Bonchev–Trinajstić information content (AvgIpc) is 3.28. The number of nitrogens with one attached hydrogen (secondary N) is 2. The minimum absolute atomic E-state index is 0.0988. The molecule has 2 aromatic carbocycles. The highest BCUT2D eigenvalue weighted by atomic mass is 35.5. The Morgan fingerprint density at radius 3 is 2.44 bits per heavy atom. The van der Waals surface area contributed by atoms with Gasteiger partial charge in [-0.3, -0.25) is 14.5 Å². The molecule has 0 spiro atoms. The number of H-pyrrole nitrogens is 1. The Kier molecular flexibility index (Phi) is 6.46. The number of carbonyl (C=O) groups is 1. The zero-order valence-corrected chi connectivity index (χ0v) is 18.7. The van der Waals surface area contributed by atoms with Crippen LogP contribution in [0.4, 0.5) is 11.6 Å². The number of ether oxygens (including phenoxy) is 1. The third-order valence-electron chi connectivity index (χ3n) is 4.87. The third kappa shape index (κ3) is 4.99. The molecule has 12 heteroatoms. The number of aromatic amines is 1. The fourth-order valence-electron chi connectivity index (χ4n) is 3.15. The molecule has 174 valence electrons. The van der Waals surface area contributed by atoms with Gasteiger partial charge in [-0.15, -0.1) is 5.10 Å². The van der Waals surface area contributed by atoms with Crippen LogP contribution in [0.25, 0.3) is 0 Å². The highest BCUT2D eigenvalue weighted by Gasteiger charge is 2.14. The van der Waals surface area contributed by atoms with Gasteiger partial charge < -0.3 is 15.8 Å². The molecule has 0 aliphatic rings. The monoisotopic (exact) mass is 481 g/mol. The van der Waals surface area contributed by atoms with Crippen LogP contribution in [0.15, 0.2) is 64.2 Å². The van der Waals surface area contributed by atoms with E-state index in [4.69, 9.17) is 22.1 Å². The summed E-state index contributed by atoms with van der Waals surface area (Å²) in [6, 6.07) is 15.1. The van der Waals surface area contributed by atoms with Gasteiger partial charge in [-0.05, 0) is 48.9 Å². The second-order valence-electron chi connectivity index (χ2n) is 7.19. The standard InChI is InChI=1S/C22H20ClN7O4/c1-2-29-21(32)26-20(30(22(29)33)12-13-3-5-14(23)6-4-13)25-15-7-9-16(10-8-15)34-18-11-17(19(24)31)27-28-18/h3-11H,2,12H2,1H3,(H2,24,31)(H,27,28)(H,25,26,32). The van der Waals surface area contributed by atoms with Crippen molar-refractivity contribution in [3.05, 3.63) is 91.8 Å². The zero-order chi connectivity index (χ0) is 24.2. The molecular weight excluding hydrogens is 462 g/mol. The zero-order valence-electron chi connectivity index (χ0n) is 18.0. The first-order chi connectivity index (χ1) is 16.3. The molecule has 0 aliphatic heterocycles. The van der Waals surface area contributed by atoms with Gasteiger partial charge in [0.25, 0.3) is 5.91 Å². The van der Waals surface area contributed by atoms with Crippen molar-refractivity contribution in [1.82, 2.24) is 24.3 Å². The predicted octanol–water partition coefficient (Wildman–Crippen LogP) is 2.48. The molecule has 0 bridgehead atoms. The first kappa shape index (κ1) is 22.8. The van der Waals surface area contributed by atoms with E-state index in [1.54, 1.807) is 55.5 Å². The molecule has 0 atom stereocenters. The number of hydrogen-bond acceptors (Lipinski definition) is 7. The molecule has 0 unspecified atom stereocenters. The summed E-state index contributed by atoms with van der Waals surface area (Å²) in [7, 11) is 0. The van der Waals surface area contributed by atoms with E-state index in [9.17, 15) is 14.4 Å².